The van der Waals surface area contributed by atoms with Gasteiger partial charge in [0.1, 0.15) is 12.4 Å². The third-order valence-corrected chi connectivity index (χ3v) is 3.13. The number of hydrogen-bond donors (Lipinski definition) is 2. The van der Waals surface area contributed by atoms with Gasteiger partial charge in [0.25, 0.3) is 0 Å². The zero-order valence-electron chi connectivity index (χ0n) is 11.0. The molecular formula is C14H16N4O2. The summed E-state index contributed by atoms with van der Waals surface area (Å²) in [6.45, 7) is 0.874. The Bertz CT molecular complexity index is 595. The molecule has 0 spiro atoms. The van der Waals surface area contributed by atoms with Gasteiger partial charge in [0.2, 0.25) is 0 Å². The number of ether oxygens (including phenoxy) is 1. The number of hydrogen-bond acceptors (Lipinski definition) is 5. The molecule has 20 heavy (non-hydrogen) atoms. The molecule has 3 rings (SSSR count). The molecule has 3 N–H and O–H groups in total. The predicted molar refractivity (Wildman–Crippen MR) is 75.5 cm³/mol. The summed E-state index contributed by atoms with van der Waals surface area (Å²) in [4.78, 5) is 5.27. The van der Waals surface area contributed by atoms with Gasteiger partial charge in [-0.25, -0.2) is 0 Å². The fourth-order valence-electron chi connectivity index (χ4n) is 2.10. The standard InChI is InChI=1S/C14H16N4O2/c15-8-10-7-11(20-18-10)9-19-14-4-2-1-3-12(14)13-5-6-16-17-13/h1-6,11H,7-9,15H2,(H,16,17). The number of nitrogens with two attached hydrogens (primary N) is 1. The molecule has 1 aliphatic rings. The molecule has 0 aliphatic carbocycles. The van der Waals surface area contributed by atoms with E-state index in [2.05, 4.69) is 15.4 Å². The van der Waals surface area contributed by atoms with Gasteiger partial charge in [-0.3, -0.25) is 5.10 Å². The molecule has 0 saturated carbocycles. The van der Waals surface area contributed by atoms with Crippen molar-refractivity contribution in [1.82, 2.24) is 10.2 Å². The van der Waals surface area contributed by atoms with Crippen molar-refractivity contribution in [2.75, 3.05) is 13.2 Å². The lowest BCUT2D eigenvalue weighted by Crippen LogP contribution is -2.20. The van der Waals surface area contributed by atoms with E-state index in [0.717, 1.165) is 29.1 Å². The third-order valence-electron chi connectivity index (χ3n) is 3.13. The quantitative estimate of drug-likeness (QED) is 0.865. The van der Waals surface area contributed by atoms with E-state index in [1.54, 1.807) is 6.20 Å². The summed E-state index contributed by atoms with van der Waals surface area (Å²) in [6, 6.07) is 9.72. The third kappa shape index (κ3) is 2.65. The maximum absolute atomic E-state index is 5.85. The van der Waals surface area contributed by atoms with Gasteiger partial charge in [-0.2, -0.15) is 5.10 Å². The maximum atomic E-state index is 5.85. The lowest BCUT2D eigenvalue weighted by Gasteiger charge is -2.13. The van der Waals surface area contributed by atoms with Gasteiger partial charge < -0.3 is 15.3 Å². The van der Waals surface area contributed by atoms with E-state index in [4.69, 9.17) is 15.3 Å². The Morgan fingerprint density at radius 2 is 2.25 bits per heavy atom. The first-order valence-electron chi connectivity index (χ1n) is 6.50. The van der Waals surface area contributed by atoms with Crippen LogP contribution in [0.1, 0.15) is 6.42 Å². The lowest BCUT2D eigenvalue weighted by atomic mass is 10.1. The summed E-state index contributed by atoms with van der Waals surface area (Å²) in [5, 5.41) is 10.8. The summed E-state index contributed by atoms with van der Waals surface area (Å²) < 4.78 is 5.85. The fourth-order valence-corrected chi connectivity index (χ4v) is 2.10. The van der Waals surface area contributed by atoms with Gasteiger partial charge >= 0.3 is 0 Å². The van der Waals surface area contributed by atoms with Crippen LogP contribution in [0, 0.1) is 0 Å². The minimum Gasteiger partial charge on any atom is -0.489 e. The van der Waals surface area contributed by atoms with E-state index in [0.29, 0.717) is 13.2 Å². The minimum absolute atomic E-state index is 0.0663. The van der Waals surface area contributed by atoms with Crippen molar-refractivity contribution >= 4 is 5.71 Å². The van der Waals surface area contributed by atoms with Crippen LogP contribution in [0.4, 0.5) is 0 Å². The summed E-state index contributed by atoms with van der Waals surface area (Å²) in [6.07, 6.45) is 2.37. The Hall–Kier alpha value is -2.34. The van der Waals surface area contributed by atoms with E-state index < -0.39 is 0 Å². The highest BCUT2D eigenvalue weighted by atomic mass is 16.7. The number of oxime groups is 1. The lowest BCUT2D eigenvalue weighted by molar-refractivity contribution is 0.0472. The molecule has 6 heteroatoms. The zero-order chi connectivity index (χ0) is 13.8. The summed E-state index contributed by atoms with van der Waals surface area (Å²) in [7, 11) is 0. The predicted octanol–water partition coefficient (Wildman–Crippen LogP) is 1.56. The first-order chi connectivity index (χ1) is 9.86. The fraction of sp³-hybridized carbons (Fsp3) is 0.286. The molecule has 0 bridgehead atoms. The van der Waals surface area contributed by atoms with Crippen molar-refractivity contribution in [3.63, 3.8) is 0 Å². The van der Waals surface area contributed by atoms with E-state index in [-0.39, 0.29) is 6.10 Å². The van der Waals surface area contributed by atoms with Crippen LogP contribution in [-0.4, -0.2) is 35.2 Å². The molecule has 1 unspecified atom stereocenters. The molecule has 0 saturated heterocycles. The Morgan fingerprint density at radius 3 is 3.00 bits per heavy atom. The van der Waals surface area contributed by atoms with Gasteiger partial charge in [0, 0.05) is 24.7 Å². The van der Waals surface area contributed by atoms with Crippen molar-refractivity contribution in [2.45, 2.75) is 12.5 Å². The molecule has 0 amide bonds. The SMILES string of the molecule is NCC1=NOC(COc2ccccc2-c2ccn[nH]2)C1. The van der Waals surface area contributed by atoms with Crippen LogP contribution in [0.15, 0.2) is 41.7 Å². The number of benzene rings is 1. The Kier molecular flexibility index (Phi) is 3.64. The van der Waals surface area contributed by atoms with Crippen LogP contribution in [-0.2, 0) is 4.84 Å². The van der Waals surface area contributed by atoms with Gasteiger partial charge in [-0.05, 0) is 18.2 Å². The molecular weight excluding hydrogens is 256 g/mol. The van der Waals surface area contributed by atoms with E-state index in [1.807, 2.05) is 30.3 Å². The highest BCUT2D eigenvalue weighted by molar-refractivity contribution is 5.87. The van der Waals surface area contributed by atoms with Crippen molar-refractivity contribution in [2.24, 2.45) is 10.9 Å². The maximum Gasteiger partial charge on any atom is 0.166 e. The highest BCUT2D eigenvalue weighted by Crippen LogP contribution is 2.28. The number of aromatic amines is 1. The van der Waals surface area contributed by atoms with Crippen molar-refractivity contribution < 1.29 is 9.57 Å². The van der Waals surface area contributed by atoms with Crippen LogP contribution in [0.2, 0.25) is 0 Å². The molecule has 104 valence electrons. The second kappa shape index (κ2) is 5.75. The van der Waals surface area contributed by atoms with Gasteiger partial charge in [0.15, 0.2) is 6.10 Å². The van der Waals surface area contributed by atoms with E-state index in [9.17, 15) is 0 Å². The molecule has 1 aromatic carbocycles. The molecule has 6 nitrogen and oxygen atoms in total. The number of nitrogens with zero attached hydrogens (tertiary/aromatic N) is 2. The molecule has 2 heterocycles. The average molecular weight is 272 g/mol. The van der Waals surface area contributed by atoms with Crippen molar-refractivity contribution in [1.29, 1.82) is 0 Å². The van der Waals surface area contributed by atoms with Crippen LogP contribution >= 0.6 is 0 Å². The Balaban J connectivity index is 1.67. The topological polar surface area (TPSA) is 85.5 Å². The Labute approximate surface area is 116 Å². The Morgan fingerprint density at radius 1 is 1.35 bits per heavy atom. The molecule has 1 aliphatic heterocycles. The van der Waals surface area contributed by atoms with Crippen LogP contribution < -0.4 is 10.5 Å². The molecule has 0 radical (unpaired) electrons. The summed E-state index contributed by atoms with van der Waals surface area (Å²) in [5.74, 6) is 0.793. The number of aromatic nitrogens is 2. The second-order valence-corrected chi connectivity index (χ2v) is 4.57. The molecule has 2 aromatic rings. The number of rotatable bonds is 5. The monoisotopic (exact) mass is 272 g/mol. The second-order valence-electron chi connectivity index (χ2n) is 4.57. The van der Waals surface area contributed by atoms with E-state index >= 15 is 0 Å². The zero-order valence-corrected chi connectivity index (χ0v) is 11.0. The van der Waals surface area contributed by atoms with Crippen LogP contribution in [0.3, 0.4) is 0 Å². The van der Waals surface area contributed by atoms with Crippen LogP contribution in [0.5, 0.6) is 5.75 Å². The first-order valence-corrected chi connectivity index (χ1v) is 6.50. The van der Waals surface area contributed by atoms with Gasteiger partial charge in [-0.1, -0.05) is 17.3 Å². The number of H-pyrrole nitrogens is 1. The molecule has 1 aromatic heterocycles. The molecule has 0 fully saturated rings. The smallest absolute Gasteiger partial charge is 0.166 e. The van der Waals surface area contributed by atoms with Crippen molar-refractivity contribution in [3.05, 3.63) is 36.5 Å². The van der Waals surface area contributed by atoms with Crippen LogP contribution in [0.25, 0.3) is 11.3 Å². The molecule has 1 atom stereocenters. The summed E-state index contributed by atoms with van der Waals surface area (Å²) in [5.41, 5.74) is 8.30. The van der Waals surface area contributed by atoms with Gasteiger partial charge in [0.05, 0.1) is 11.4 Å². The first kappa shape index (κ1) is 12.7. The average Bonchev–Trinajstić information content (AvgIpc) is 3.17. The number of nitrogens with one attached hydrogen (secondary N) is 1. The van der Waals surface area contributed by atoms with E-state index in [1.165, 1.54) is 0 Å². The summed E-state index contributed by atoms with van der Waals surface area (Å²) >= 11 is 0. The highest BCUT2D eigenvalue weighted by Gasteiger charge is 2.21. The minimum atomic E-state index is -0.0663. The normalized spacial score (nSPS) is 17.6. The largest absolute Gasteiger partial charge is 0.489 e. The number of para-hydroxylation sites is 1. The van der Waals surface area contributed by atoms with Gasteiger partial charge in [-0.15, -0.1) is 0 Å². The van der Waals surface area contributed by atoms with Crippen molar-refractivity contribution in [3.8, 4) is 17.0 Å².